The lowest BCUT2D eigenvalue weighted by Crippen LogP contribution is -2.35. The molecule has 1 aliphatic heterocycles. The zero-order valence-corrected chi connectivity index (χ0v) is 12.9. The van der Waals surface area contributed by atoms with Crippen LogP contribution in [0.25, 0.3) is 0 Å². The molecule has 1 aromatic carbocycles. The van der Waals surface area contributed by atoms with Crippen LogP contribution in [0.4, 0.5) is 4.39 Å². The fourth-order valence-corrected chi connectivity index (χ4v) is 2.99. The first-order chi connectivity index (χ1) is 10.7. The number of benzene rings is 1. The zero-order valence-electron chi connectivity index (χ0n) is 12.9. The summed E-state index contributed by atoms with van der Waals surface area (Å²) in [6.45, 7) is 3.63. The highest BCUT2D eigenvalue weighted by molar-refractivity contribution is 5.22. The average molecular weight is 303 g/mol. The van der Waals surface area contributed by atoms with Gasteiger partial charge in [-0.2, -0.15) is 5.10 Å². The van der Waals surface area contributed by atoms with Crippen LogP contribution in [0.5, 0.6) is 5.75 Å². The summed E-state index contributed by atoms with van der Waals surface area (Å²) < 4.78 is 20.5. The third kappa shape index (κ3) is 3.85. The van der Waals surface area contributed by atoms with Crippen molar-refractivity contribution in [1.29, 1.82) is 0 Å². The first kappa shape index (κ1) is 15.0. The van der Waals surface area contributed by atoms with Crippen molar-refractivity contribution in [3.8, 4) is 5.75 Å². The summed E-state index contributed by atoms with van der Waals surface area (Å²) in [4.78, 5) is 2.41. The van der Waals surface area contributed by atoms with Gasteiger partial charge in [-0.15, -0.1) is 0 Å². The summed E-state index contributed by atoms with van der Waals surface area (Å²) in [5, 5.41) is 4.25. The first-order valence-electron chi connectivity index (χ1n) is 7.80. The number of hydrogen-bond donors (Lipinski definition) is 0. The summed E-state index contributed by atoms with van der Waals surface area (Å²) in [7, 11) is 1.96. The van der Waals surface area contributed by atoms with Crippen molar-refractivity contribution in [2.24, 2.45) is 7.05 Å². The largest absolute Gasteiger partial charge is 0.492 e. The molecule has 118 valence electrons. The van der Waals surface area contributed by atoms with E-state index in [1.165, 1.54) is 17.7 Å². The van der Waals surface area contributed by atoms with Crippen molar-refractivity contribution in [3.63, 3.8) is 0 Å². The van der Waals surface area contributed by atoms with Crippen molar-refractivity contribution in [2.75, 3.05) is 26.2 Å². The molecule has 5 heteroatoms. The molecule has 4 nitrogen and oxygen atoms in total. The summed E-state index contributed by atoms with van der Waals surface area (Å²) >= 11 is 0. The van der Waals surface area contributed by atoms with Crippen LogP contribution >= 0.6 is 0 Å². The summed E-state index contributed by atoms with van der Waals surface area (Å²) in [6, 6.07) is 6.31. The Morgan fingerprint density at radius 3 is 2.82 bits per heavy atom. The van der Waals surface area contributed by atoms with Crippen LogP contribution in [0.1, 0.15) is 24.3 Å². The summed E-state index contributed by atoms with van der Waals surface area (Å²) in [5.41, 5.74) is 1.35. The first-order valence-corrected chi connectivity index (χ1v) is 7.80. The van der Waals surface area contributed by atoms with Gasteiger partial charge in [0, 0.05) is 25.9 Å². The van der Waals surface area contributed by atoms with Gasteiger partial charge in [0.15, 0.2) is 0 Å². The maximum absolute atomic E-state index is 13.1. The van der Waals surface area contributed by atoms with Crippen LogP contribution < -0.4 is 4.74 Å². The van der Waals surface area contributed by atoms with Gasteiger partial charge in [-0.1, -0.05) is 6.07 Å². The van der Waals surface area contributed by atoms with Gasteiger partial charge in [0.2, 0.25) is 0 Å². The van der Waals surface area contributed by atoms with Gasteiger partial charge in [0.1, 0.15) is 18.2 Å². The molecule has 2 heterocycles. The molecule has 2 aromatic rings. The van der Waals surface area contributed by atoms with Crippen molar-refractivity contribution in [3.05, 3.63) is 48.0 Å². The molecule has 1 fully saturated rings. The van der Waals surface area contributed by atoms with E-state index in [0.29, 0.717) is 18.3 Å². The highest BCUT2D eigenvalue weighted by Gasteiger charge is 2.21. The van der Waals surface area contributed by atoms with E-state index in [4.69, 9.17) is 4.74 Å². The van der Waals surface area contributed by atoms with E-state index in [1.807, 2.05) is 17.9 Å². The van der Waals surface area contributed by atoms with Gasteiger partial charge in [0.05, 0.1) is 6.20 Å². The number of hydrogen-bond acceptors (Lipinski definition) is 3. The maximum atomic E-state index is 13.1. The van der Waals surface area contributed by atoms with Crippen LogP contribution in [-0.2, 0) is 7.05 Å². The molecule has 0 saturated carbocycles. The number of rotatable bonds is 5. The van der Waals surface area contributed by atoms with Crippen molar-refractivity contribution in [1.82, 2.24) is 14.7 Å². The number of aryl methyl sites for hydroxylation is 1. The molecular weight excluding hydrogens is 281 g/mol. The third-order valence-electron chi connectivity index (χ3n) is 4.26. The predicted octanol–water partition coefficient (Wildman–Crippen LogP) is 2.82. The van der Waals surface area contributed by atoms with Gasteiger partial charge in [-0.25, -0.2) is 4.39 Å². The lowest BCUT2D eigenvalue weighted by Gasteiger charge is -2.31. The minimum absolute atomic E-state index is 0.255. The fourth-order valence-electron chi connectivity index (χ4n) is 2.99. The minimum Gasteiger partial charge on any atom is -0.492 e. The Morgan fingerprint density at radius 1 is 1.32 bits per heavy atom. The van der Waals surface area contributed by atoms with Crippen molar-refractivity contribution in [2.45, 2.75) is 18.8 Å². The van der Waals surface area contributed by atoms with E-state index in [-0.39, 0.29) is 5.82 Å². The molecule has 0 bridgehead atoms. The minimum atomic E-state index is -0.255. The molecule has 0 N–H and O–H groups in total. The lowest BCUT2D eigenvalue weighted by atomic mass is 9.92. The van der Waals surface area contributed by atoms with Gasteiger partial charge >= 0.3 is 0 Å². The monoisotopic (exact) mass is 303 g/mol. The van der Waals surface area contributed by atoms with Gasteiger partial charge in [-0.3, -0.25) is 9.58 Å². The summed E-state index contributed by atoms with van der Waals surface area (Å²) in [5.74, 6) is 0.967. The second kappa shape index (κ2) is 6.92. The van der Waals surface area contributed by atoms with Crippen molar-refractivity contribution < 1.29 is 9.13 Å². The normalized spacial score (nSPS) is 16.8. The van der Waals surface area contributed by atoms with E-state index < -0.39 is 0 Å². The van der Waals surface area contributed by atoms with E-state index in [9.17, 15) is 4.39 Å². The SMILES string of the molecule is Cn1cc(C2CCN(CCOc3cccc(F)c3)CC2)cn1. The third-order valence-corrected chi connectivity index (χ3v) is 4.26. The second-order valence-corrected chi connectivity index (χ2v) is 5.87. The molecule has 0 atom stereocenters. The highest BCUT2D eigenvalue weighted by Crippen LogP contribution is 2.27. The van der Waals surface area contributed by atoms with E-state index in [0.717, 1.165) is 32.5 Å². The highest BCUT2D eigenvalue weighted by atomic mass is 19.1. The van der Waals surface area contributed by atoms with Gasteiger partial charge in [-0.05, 0) is 49.5 Å². The van der Waals surface area contributed by atoms with Crippen LogP contribution in [0.2, 0.25) is 0 Å². The molecule has 0 radical (unpaired) electrons. The predicted molar refractivity (Wildman–Crippen MR) is 83.5 cm³/mol. The molecule has 3 rings (SSSR count). The average Bonchev–Trinajstić information content (AvgIpc) is 2.95. The number of nitrogens with zero attached hydrogens (tertiary/aromatic N) is 3. The van der Waals surface area contributed by atoms with Crippen LogP contribution in [-0.4, -0.2) is 40.9 Å². The zero-order chi connectivity index (χ0) is 15.4. The Bertz CT molecular complexity index is 605. The Hall–Kier alpha value is -1.88. The van der Waals surface area contributed by atoms with E-state index in [1.54, 1.807) is 12.1 Å². The molecule has 0 spiro atoms. The Labute approximate surface area is 130 Å². The van der Waals surface area contributed by atoms with Crippen LogP contribution in [0.3, 0.4) is 0 Å². The number of aromatic nitrogens is 2. The topological polar surface area (TPSA) is 30.3 Å². The molecule has 0 unspecified atom stereocenters. The number of piperidine rings is 1. The smallest absolute Gasteiger partial charge is 0.126 e. The van der Waals surface area contributed by atoms with Gasteiger partial charge < -0.3 is 4.74 Å². The second-order valence-electron chi connectivity index (χ2n) is 5.87. The number of ether oxygens (including phenoxy) is 1. The standard InChI is InChI=1S/C17H22FN3O/c1-20-13-15(12-19-20)14-5-7-21(8-6-14)9-10-22-17-4-2-3-16(18)11-17/h2-4,11-14H,5-10H2,1H3. The Kier molecular flexibility index (Phi) is 4.73. The maximum Gasteiger partial charge on any atom is 0.126 e. The molecular formula is C17H22FN3O. The van der Waals surface area contributed by atoms with Gasteiger partial charge in [0.25, 0.3) is 0 Å². The molecule has 22 heavy (non-hydrogen) atoms. The molecule has 0 amide bonds. The lowest BCUT2D eigenvalue weighted by molar-refractivity contribution is 0.173. The molecule has 0 aliphatic carbocycles. The van der Waals surface area contributed by atoms with Crippen LogP contribution in [0.15, 0.2) is 36.7 Å². The molecule has 1 saturated heterocycles. The molecule has 1 aromatic heterocycles. The fraction of sp³-hybridized carbons (Fsp3) is 0.471. The number of halogens is 1. The summed E-state index contributed by atoms with van der Waals surface area (Å²) in [6.07, 6.45) is 6.41. The van der Waals surface area contributed by atoms with E-state index in [2.05, 4.69) is 16.2 Å². The molecule has 1 aliphatic rings. The van der Waals surface area contributed by atoms with Crippen molar-refractivity contribution >= 4 is 0 Å². The quantitative estimate of drug-likeness (QED) is 0.851. The van der Waals surface area contributed by atoms with Crippen LogP contribution in [0, 0.1) is 5.82 Å². The van der Waals surface area contributed by atoms with E-state index >= 15 is 0 Å². The Morgan fingerprint density at radius 2 is 2.14 bits per heavy atom. The Balaban J connectivity index is 1.40. The number of likely N-dealkylation sites (tertiary alicyclic amines) is 1.